The van der Waals surface area contributed by atoms with E-state index in [9.17, 15) is 13.2 Å². The molecule has 4 nitrogen and oxygen atoms in total. The molecule has 0 radical (unpaired) electrons. The van der Waals surface area contributed by atoms with Gasteiger partial charge in [-0.25, -0.2) is 8.42 Å². The zero-order valence-electron chi connectivity index (χ0n) is 9.94. The van der Waals surface area contributed by atoms with Crippen molar-refractivity contribution in [1.82, 2.24) is 0 Å². The van der Waals surface area contributed by atoms with Gasteiger partial charge in [0.05, 0.1) is 4.90 Å². The Kier molecular flexibility index (Phi) is 3.64. The van der Waals surface area contributed by atoms with Crippen LogP contribution in [0.2, 0.25) is 0 Å². The van der Waals surface area contributed by atoms with Crippen LogP contribution in [0.3, 0.4) is 0 Å². The molecule has 1 aliphatic rings. The maximum absolute atomic E-state index is 11.6. The lowest BCUT2D eigenvalue weighted by Crippen LogP contribution is -2.13. The standard InChI is InChI=1S/C12H14ClNO3S/c1-8-6-10(18(13,16)17)4-5-11(8)14-12(15)7-9-2-3-9/h4-6,9H,2-3,7H2,1H3,(H,14,15). The van der Waals surface area contributed by atoms with Gasteiger partial charge in [0.1, 0.15) is 0 Å². The molecule has 0 atom stereocenters. The van der Waals surface area contributed by atoms with Gasteiger partial charge in [-0.3, -0.25) is 4.79 Å². The van der Waals surface area contributed by atoms with E-state index in [1.807, 2.05) is 0 Å². The second-order valence-corrected chi connectivity index (χ2v) is 7.18. The summed E-state index contributed by atoms with van der Waals surface area (Å²) in [5, 5.41) is 2.78. The van der Waals surface area contributed by atoms with Crippen molar-refractivity contribution < 1.29 is 13.2 Å². The van der Waals surface area contributed by atoms with Crippen molar-refractivity contribution in [2.75, 3.05) is 5.32 Å². The number of carbonyl (C=O) groups excluding carboxylic acids is 1. The van der Waals surface area contributed by atoms with E-state index in [-0.39, 0.29) is 10.8 Å². The third kappa shape index (κ3) is 3.46. The summed E-state index contributed by atoms with van der Waals surface area (Å²) in [6.45, 7) is 1.73. The molecule has 6 heteroatoms. The number of benzene rings is 1. The third-order valence-corrected chi connectivity index (χ3v) is 4.28. The molecule has 98 valence electrons. The predicted molar refractivity (Wildman–Crippen MR) is 70.2 cm³/mol. The van der Waals surface area contributed by atoms with Crippen LogP contribution in [0.5, 0.6) is 0 Å². The van der Waals surface area contributed by atoms with Crippen LogP contribution >= 0.6 is 10.7 Å². The minimum atomic E-state index is -3.72. The fraction of sp³-hybridized carbons (Fsp3) is 0.417. The molecule has 18 heavy (non-hydrogen) atoms. The molecule has 0 heterocycles. The SMILES string of the molecule is Cc1cc(S(=O)(=O)Cl)ccc1NC(=O)CC1CC1. The number of hydrogen-bond donors (Lipinski definition) is 1. The van der Waals surface area contributed by atoms with Gasteiger partial charge in [-0.15, -0.1) is 0 Å². The zero-order valence-corrected chi connectivity index (χ0v) is 11.5. The minimum Gasteiger partial charge on any atom is -0.326 e. The molecule has 2 rings (SSSR count). The van der Waals surface area contributed by atoms with E-state index < -0.39 is 9.05 Å². The van der Waals surface area contributed by atoms with E-state index in [1.165, 1.54) is 12.1 Å². The van der Waals surface area contributed by atoms with Gasteiger partial charge >= 0.3 is 0 Å². The van der Waals surface area contributed by atoms with Crippen molar-refractivity contribution in [3.63, 3.8) is 0 Å². The van der Waals surface area contributed by atoms with Crippen LogP contribution < -0.4 is 5.32 Å². The molecular formula is C12H14ClNO3S. The number of aryl methyl sites for hydroxylation is 1. The van der Waals surface area contributed by atoms with E-state index >= 15 is 0 Å². The van der Waals surface area contributed by atoms with Crippen molar-refractivity contribution in [3.8, 4) is 0 Å². The lowest BCUT2D eigenvalue weighted by molar-refractivity contribution is -0.116. The van der Waals surface area contributed by atoms with Crippen LogP contribution in [0.15, 0.2) is 23.1 Å². The quantitative estimate of drug-likeness (QED) is 0.866. The van der Waals surface area contributed by atoms with Crippen molar-refractivity contribution >= 4 is 31.3 Å². The number of nitrogens with one attached hydrogen (secondary N) is 1. The van der Waals surface area contributed by atoms with Crippen LogP contribution in [0.1, 0.15) is 24.8 Å². The van der Waals surface area contributed by atoms with Gasteiger partial charge < -0.3 is 5.32 Å². The van der Waals surface area contributed by atoms with Gasteiger partial charge in [-0.2, -0.15) is 0 Å². The molecule has 1 saturated carbocycles. The molecule has 0 bridgehead atoms. The predicted octanol–water partition coefficient (Wildman–Crippen LogP) is 2.66. The summed E-state index contributed by atoms with van der Waals surface area (Å²) in [6.07, 6.45) is 2.78. The fourth-order valence-corrected chi connectivity index (χ4v) is 2.55. The largest absolute Gasteiger partial charge is 0.326 e. The molecule has 1 N–H and O–H groups in total. The van der Waals surface area contributed by atoms with Crippen molar-refractivity contribution in [3.05, 3.63) is 23.8 Å². The first kappa shape index (κ1) is 13.4. The van der Waals surface area contributed by atoms with Gasteiger partial charge in [-0.05, 0) is 49.4 Å². The summed E-state index contributed by atoms with van der Waals surface area (Å²) < 4.78 is 22.3. The Hall–Kier alpha value is -1.07. The van der Waals surface area contributed by atoms with E-state index in [2.05, 4.69) is 5.32 Å². The lowest BCUT2D eigenvalue weighted by Gasteiger charge is -2.09. The van der Waals surface area contributed by atoms with Crippen LogP contribution in [0.4, 0.5) is 5.69 Å². The summed E-state index contributed by atoms with van der Waals surface area (Å²) >= 11 is 0. The molecular weight excluding hydrogens is 274 g/mol. The van der Waals surface area contributed by atoms with Crippen LogP contribution in [0, 0.1) is 12.8 Å². The Morgan fingerprint density at radius 1 is 1.44 bits per heavy atom. The minimum absolute atomic E-state index is 0.0259. The van der Waals surface area contributed by atoms with Crippen LogP contribution in [0.25, 0.3) is 0 Å². The number of carbonyl (C=O) groups is 1. The molecule has 0 unspecified atom stereocenters. The van der Waals surface area contributed by atoms with E-state index in [0.717, 1.165) is 12.8 Å². The highest BCUT2D eigenvalue weighted by Crippen LogP contribution is 2.32. The molecule has 0 saturated heterocycles. The first-order valence-electron chi connectivity index (χ1n) is 5.71. The number of rotatable bonds is 4. The molecule has 0 aliphatic heterocycles. The number of anilines is 1. The van der Waals surface area contributed by atoms with E-state index in [4.69, 9.17) is 10.7 Å². The number of amides is 1. The Morgan fingerprint density at radius 3 is 2.61 bits per heavy atom. The Balaban J connectivity index is 2.11. The average Bonchev–Trinajstić information content (AvgIpc) is 3.03. The van der Waals surface area contributed by atoms with Crippen molar-refractivity contribution in [2.24, 2.45) is 5.92 Å². The zero-order chi connectivity index (χ0) is 13.3. The molecule has 1 amide bonds. The molecule has 1 fully saturated rings. The number of halogens is 1. The second-order valence-electron chi connectivity index (χ2n) is 4.61. The average molecular weight is 288 g/mol. The first-order valence-corrected chi connectivity index (χ1v) is 8.02. The summed E-state index contributed by atoms with van der Waals surface area (Å²) in [7, 11) is 1.53. The Labute approximate surface area is 111 Å². The van der Waals surface area contributed by atoms with Crippen LogP contribution in [-0.4, -0.2) is 14.3 Å². The van der Waals surface area contributed by atoms with Gasteiger partial charge in [0.15, 0.2) is 0 Å². The fourth-order valence-electron chi connectivity index (χ4n) is 1.71. The molecule has 1 aromatic rings. The lowest BCUT2D eigenvalue weighted by atomic mass is 10.2. The highest BCUT2D eigenvalue weighted by atomic mass is 35.7. The van der Waals surface area contributed by atoms with Crippen LogP contribution in [-0.2, 0) is 13.8 Å². The normalized spacial score (nSPS) is 15.4. The maximum Gasteiger partial charge on any atom is 0.261 e. The summed E-state index contributed by atoms with van der Waals surface area (Å²) in [6, 6.07) is 4.41. The van der Waals surface area contributed by atoms with Crippen molar-refractivity contribution in [1.29, 1.82) is 0 Å². The molecule has 1 aliphatic carbocycles. The van der Waals surface area contributed by atoms with E-state index in [0.29, 0.717) is 23.6 Å². The molecule has 1 aromatic carbocycles. The third-order valence-electron chi connectivity index (χ3n) is 2.92. The smallest absolute Gasteiger partial charge is 0.261 e. The monoisotopic (exact) mass is 287 g/mol. The highest BCUT2D eigenvalue weighted by molar-refractivity contribution is 8.13. The second kappa shape index (κ2) is 4.90. The first-order chi connectivity index (χ1) is 8.36. The highest BCUT2D eigenvalue weighted by Gasteiger charge is 2.24. The Morgan fingerprint density at radius 2 is 2.11 bits per heavy atom. The summed E-state index contributed by atoms with van der Waals surface area (Å²) in [4.78, 5) is 11.7. The summed E-state index contributed by atoms with van der Waals surface area (Å²) in [5.41, 5.74) is 1.31. The molecule has 0 aromatic heterocycles. The van der Waals surface area contributed by atoms with Gasteiger partial charge in [0.2, 0.25) is 5.91 Å². The topological polar surface area (TPSA) is 63.2 Å². The number of hydrogen-bond acceptors (Lipinski definition) is 3. The Bertz CT molecular complexity index is 579. The molecule has 0 spiro atoms. The van der Waals surface area contributed by atoms with E-state index in [1.54, 1.807) is 13.0 Å². The van der Waals surface area contributed by atoms with Gasteiger partial charge in [0, 0.05) is 22.8 Å². The maximum atomic E-state index is 11.6. The van der Waals surface area contributed by atoms with Gasteiger partial charge in [0.25, 0.3) is 9.05 Å². The van der Waals surface area contributed by atoms with Crippen molar-refractivity contribution in [2.45, 2.75) is 31.1 Å². The summed E-state index contributed by atoms with van der Waals surface area (Å²) in [5.74, 6) is 0.495. The van der Waals surface area contributed by atoms with Gasteiger partial charge in [-0.1, -0.05) is 0 Å².